The predicted octanol–water partition coefficient (Wildman–Crippen LogP) is 4.74. The van der Waals surface area contributed by atoms with Gasteiger partial charge in [0.2, 0.25) is 0 Å². The molecule has 0 aliphatic heterocycles. The number of carbonyl (C=O) groups is 1. The van der Waals surface area contributed by atoms with Crippen LogP contribution < -0.4 is 10.1 Å². The Hall–Kier alpha value is -2.17. The molecule has 1 amide bonds. The lowest BCUT2D eigenvalue weighted by Gasteiger charge is -2.07. The van der Waals surface area contributed by atoms with Gasteiger partial charge >= 0.3 is 0 Å². The highest BCUT2D eigenvalue weighted by atomic mass is 35.5. The lowest BCUT2D eigenvalue weighted by molar-refractivity contribution is 0.102. The number of H-pyrrole nitrogens is 1. The van der Waals surface area contributed by atoms with Crippen molar-refractivity contribution in [3.8, 4) is 5.75 Å². The molecule has 22 heavy (non-hydrogen) atoms. The van der Waals surface area contributed by atoms with Crippen molar-refractivity contribution in [2.24, 2.45) is 0 Å². The molecule has 112 valence electrons. The molecule has 2 N–H and O–H groups in total. The number of aromatic nitrogens is 1. The number of benzene rings is 2. The molecule has 0 spiro atoms. The van der Waals surface area contributed by atoms with Crippen LogP contribution in [-0.2, 0) is 0 Å². The van der Waals surface area contributed by atoms with E-state index in [1.165, 1.54) is 0 Å². The molecule has 0 radical (unpaired) electrons. The molecule has 6 heteroatoms. The number of hydrogen-bond donors (Lipinski definition) is 2. The zero-order chi connectivity index (χ0) is 15.7. The molecule has 1 aromatic heterocycles. The number of halogens is 2. The summed E-state index contributed by atoms with van der Waals surface area (Å²) in [5.41, 5.74) is 1.82. The van der Waals surface area contributed by atoms with E-state index in [2.05, 4.69) is 10.3 Å². The maximum absolute atomic E-state index is 12.5. The third-order valence-corrected chi connectivity index (χ3v) is 3.87. The van der Waals surface area contributed by atoms with E-state index in [9.17, 15) is 4.79 Å². The van der Waals surface area contributed by atoms with Crippen molar-refractivity contribution in [2.45, 2.75) is 0 Å². The second-order valence-electron chi connectivity index (χ2n) is 4.69. The van der Waals surface area contributed by atoms with E-state index >= 15 is 0 Å². The first kappa shape index (κ1) is 14.8. The smallest absolute Gasteiger partial charge is 0.257 e. The lowest BCUT2D eigenvalue weighted by Crippen LogP contribution is -2.11. The first-order valence-corrected chi connectivity index (χ1v) is 7.25. The predicted molar refractivity (Wildman–Crippen MR) is 89.3 cm³/mol. The summed E-state index contributed by atoms with van der Waals surface area (Å²) < 4.78 is 5.20. The minimum atomic E-state index is -0.274. The topological polar surface area (TPSA) is 54.1 Å². The first-order valence-electron chi connectivity index (χ1n) is 6.50. The van der Waals surface area contributed by atoms with Crippen molar-refractivity contribution in [3.63, 3.8) is 0 Å². The Balaban J connectivity index is 1.97. The average Bonchev–Trinajstić information content (AvgIpc) is 2.93. The minimum Gasteiger partial charge on any atom is -0.497 e. The summed E-state index contributed by atoms with van der Waals surface area (Å²) in [6.07, 6.45) is 1.65. The number of anilines is 1. The summed E-state index contributed by atoms with van der Waals surface area (Å²) in [5.74, 6) is 0.408. The molecule has 1 heterocycles. The molecule has 0 fully saturated rings. The van der Waals surface area contributed by atoms with Gasteiger partial charge in [-0.3, -0.25) is 4.79 Å². The largest absolute Gasteiger partial charge is 0.497 e. The minimum absolute atomic E-state index is 0.274. The molecule has 0 aliphatic rings. The van der Waals surface area contributed by atoms with Gasteiger partial charge in [-0.2, -0.15) is 0 Å². The van der Waals surface area contributed by atoms with Crippen molar-refractivity contribution in [1.29, 1.82) is 0 Å². The van der Waals surface area contributed by atoms with Gasteiger partial charge in [0, 0.05) is 22.1 Å². The van der Waals surface area contributed by atoms with Crippen molar-refractivity contribution >= 4 is 45.7 Å². The van der Waals surface area contributed by atoms with Gasteiger partial charge in [0.05, 0.1) is 23.4 Å². The van der Waals surface area contributed by atoms with Crippen LogP contribution >= 0.6 is 23.2 Å². The number of ether oxygens (including phenoxy) is 1. The zero-order valence-electron chi connectivity index (χ0n) is 11.6. The fraction of sp³-hybridized carbons (Fsp3) is 0.0625. The summed E-state index contributed by atoms with van der Waals surface area (Å²) in [6, 6.07) is 10.4. The third-order valence-electron chi connectivity index (χ3n) is 3.31. The van der Waals surface area contributed by atoms with Crippen LogP contribution in [0.2, 0.25) is 10.0 Å². The van der Waals surface area contributed by atoms with Crippen LogP contribution in [0, 0.1) is 0 Å². The van der Waals surface area contributed by atoms with E-state index in [0.29, 0.717) is 27.0 Å². The molecule has 0 bridgehead atoms. The van der Waals surface area contributed by atoms with Crippen LogP contribution in [0.4, 0.5) is 5.69 Å². The number of nitrogens with one attached hydrogen (secondary N) is 2. The van der Waals surface area contributed by atoms with Crippen molar-refractivity contribution in [1.82, 2.24) is 4.98 Å². The van der Waals surface area contributed by atoms with E-state index in [1.54, 1.807) is 37.6 Å². The molecular weight excluding hydrogens is 323 g/mol. The Kier molecular flexibility index (Phi) is 3.96. The maximum Gasteiger partial charge on any atom is 0.257 e. The van der Waals surface area contributed by atoms with E-state index in [1.807, 2.05) is 12.1 Å². The van der Waals surface area contributed by atoms with Crippen LogP contribution in [0.1, 0.15) is 10.4 Å². The van der Waals surface area contributed by atoms with Crippen molar-refractivity contribution in [3.05, 3.63) is 58.2 Å². The van der Waals surface area contributed by atoms with Gasteiger partial charge < -0.3 is 15.0 Å². The van der Waals surface area contributed by atoms with E-state index in [0.717, 1.165) is 10.9 Å². The fourth-order valence-corrected chi connectivity index (χ4v) is 2.53. The lowest BCUT2D eigenvalue weighted by atomic mass is 10.1. The summed E-state index contributed by atoms with van der Waals surface area (Å²) in [7, 11) is 1.58. The standard InChI is InChI=1S/C16H12Cl2N2O2/c1-22-10-3-5-14-11(7-10)12(8-19-14)16(21)20-15-6-9(17)2-4-13(15)18/h2-8,19H,1H3,(H,20,21). The highest BCUT2D eigenvalue weighted by Crippen LogP contribution is 2.28. The van der Waals surface area contributed by atoms with Gasteiger partial charge in [0.1, 0.15) is 5.75 Å². The molecule has 4 nitrogen and oxygen atoms in total. The summed E-state index contributed by atoms with van der Waals surface area (Å²) in [4.78, 5) is 15.5. The zero-order valence-corrected chi connectivity index (χ0v) is 13.1. The van der Waals surface area contributed by atoms with Crippen molar-refractivity contribution in [2.75, 3.05) is 12.4 Å². The number of amides is 1. The van der Waals surface area contributed by atoms with E-state index < -0.39 is 0 Å². The number of aromatic amines is 1. The van der Waals surface area contributed by atoms with Crippen LogP contribution in [0.3, 0.4) is 0 Å². The number of rotatable bonds is 3. The van der Waals surface area contributed by atoms with Crippen LogP contribution in [0.5, 0.6) is 5.75 Å². The molecule has 0 saturated carbocycles. The number of carbonyl (C=O) groups excluding carboxylic acids is 1. The Bertz CT molecular complexity index is 858. The summed E-state index contributed by atoms with van der Waals surface area (Å²) >= 11 is 12.0. The second-order valence-corrected chi connectivity index (χ2v) is 5.54. The summed E-state index contributed by atoms with van der Waals surface area (Å²) in [6.45, 7) is 0. The van der Waals surface area contributed by atoms with Gasteiger partial charge in [-0.15, -0.1) is 0 Å². The second kappa shape index (κ2) is 5.91. The van der Waals surface area contributed by atoms with Gasteiger partial charge in [-0.1, -0.05) is 23.2 Å². The highest BCUT2D eigenvalue weighted by Gasteiger charge is 2.14. The van der Waals surface area contributed by atoms with Gasteiger partial charge in [-0.05, 0) is 36.4 Å². The molecule has 3 aromatic rings. The fourth-order valence-electron chi connectivity index (χ4n) is 2.20. The Morgan fingerprint density at radius 2 is 2.00 bits per heavy atom. The first-order chi connectivity index (χ1) is 10.6. The Morgan fingerprint density at radius 1 is 1.18 bits per heavy atom. The summed E-state index contributed by atoms with van der Waals surface area (Å²) in [5, 5.41) is 4.47. The number of hydrogen-bond acceptors (Lipinski definition) is 2. The SMILES string of the molecule is COc1ccc2[nH]cc(C(=O)Nc3cc(Cl)ccc3Cl)c2c1. The van der Waals surface area contributed by atoms with Crippen LogP contribution in [0.15, 0.2) is 42.6 Å². The van der Waals surface area contributed by atoms with E-state index in [4.69, 9.17) is 27.9 Å². The van der Waals surface area contributed by atoms with Gasteiger partial charge in [-0.25, -0.2) is 0 Å². The maximum atomic E-state index is 12.5. The van der Waals surface area contributed by atoms with Gasteiger partial charge in [0.25, 0.3) is 5.91 Å². The van der Waals surface area contributed by atoms with Crippen LogP contribution in [0.25, 0.3) is 10.9 Å². The quantitative estimate of drug-likeness (QED) is 0.727. The Morgan fingerprint density at radius 3 is 2.77 bits per heavy atom. The van der Waals surface area contributed by atoms with E-state index in [-0.39, 0.29) is 5.91 Å². The molecule has 0 saturated heterocycles. The molecule has 0 atom stereocenters. The van der Waals surface area contributed by atoms with Gasteiger partial charge in [0.15, 0.2) is 0 Å². The van der Waals surface area contributed by atoms with Crippen molar-refractivity contribution < 1.29 is 9.53 Å². The molecule has 3 rings (SSSR count). The van der Waals surface area contributed by atoms with Crippen LogP contribution in [-0.4, -0.2) is 18.0 Å². The molecular formula is C16H12Cl2N2O2. The Labute approximate surface area is 137 Å². The highest BCUT2D eigenvalue weighted by molar-refractivity contribution is 6.36. The number of fused-ring (bicyclic) bond motifs is 1. The molecule has 0 unspecified atom stereocenters. The third kappa shape index (κ3) is 2.75. The number of methoxy groups -OCH3 is 1. The molecule has 2 aromatic carbocycles. The molecule has 0 aliphatic carbocycles. The average molecular weight is 335 g/mol. The monoisotopic (exact) mass is 334 g/mol. The normalized spacial score (nSPS) is 10.7.